The third kappa shape index (κ3) is 4.63. The number of hydrogen-bond donors (Lipinski definition) is 3. The van der Waals surface area contributed by atoms with Crippen LogP contribution in [0.3, 0.4) is 0 Å². The molecule has 7 nitrogen and oxygen atoms in total. The molecule has 1 atom stereocenters. The van der Waals surface area contributed by atoms with E-state index in [4.69, 9.17) is 0 Å². The summed E-state index contributed by atoms with van der Waals surface area (Å²) < 4.78 is 0.626. The van der Waals surface area contributed by atoms with Gasteiger partial charge in [0.15, 0.2) is 0 Å². The molecule has 0 aliphatic heterocycles. The number of aromatic nitrogens is 1. The third-order valence-electron chi connectivity index (χ3n) is 5.63. The number of nitrogens with one attached hydrogen (secondary N) is 3. The zero-order chi connectivity index (χ0) is 24.4. The molecule has 0 aliphatic rings. The molecule has 3 aromatic carbocycles. The Bertz CT molecular complexity index is 1620. The molecule has 0 saturated carbocycles. The quantitative estimate of drug-likeness (QED) is 0.204. The molecule has 0 aliphatic carbocycles. The molecule has 0 bridgehead atoms. The van der Waals surface area contributed by atoms with Crippen LogP contribution < -0.4 is 31.2 Å². The topological polar surface area (TPSA) is 100 Å². The van der Waals surface area contributed by atoms with Crippen LogP contribution in [0.2, 0.25) is 5.71 Å². The number of hydrogen-bond acceptors (Lipinski definition) is 7. The monoisotopic (exact) mass is 544 g/mol. The van der Waals surface area contributed by atoms with Crippen molar-refractivity contribution < 1.29 is 4.79 Å². The number of pyridine rings is 1. The number of anilines is 4. The van der Waals surface area contributed by atoms with Gasteiger partial charge in [0.05, 0.1) is 5.52 Å². The minimum atomic E-state index is -0.623. The number of thiophene rings is 1. The van der Waals surface area contributed by atoms with Gasteiger partial charge in [0.25, 0.3) is 0 Å². The van der Waals surface area contributed by atoms with Crippen LogP contribution in [0.25, 0.3) is 10.9 Å². The van der Waals surface area contributed by atoms with Gasteiger partial charge in [0, 0.05) is 11.6 Å². The van der Waals surface area contributed by atoms with Crippen LogP contribution in [-0.2, 0) is 6.54 Å². The van der Waals surface area contributed by atoms with Crippen LogP contribution in [-0.4, -0.2) is 26.6 Å². The molecule has 2 aromatic heterocycles. The van der Waals surface area contributed by atoms with Crippen LogP contribution in [0.4, 0.5) is 22.7 Å². The summed E-state index contributed by atoms with van der Waals surface area (Å²) in [4.78, 5) is 41.6. The summed E-state index contributed by atoms with van der Waals surface area (Å²) in [7, 11) is 0. The Morgan fingerprint density at radius 2 is 1.83 bits per heavy atom. The molecule has 35 heavy (non-hydrogen) atoms. The summed E-state index contributed by atoms with van der Waals surface area (Å²) in [6.07, 6.45) is 1.79. The van der Waals surface area contributed by atoms with E-state index in [9.17, 15) is 14.4 Å². The molecule has 0 radical (unpaired) electrons. The number of rotatable bonds is 8. The van der Waals surface area contributed by atoms with E-state index in [1.54, 1.807) is 30.5 Å². The van der Waals surface area contributed by atoms with Crippen molar-refractivity contribution in [3.63, 3.8) is 0 Å². The molecule has 0 spiro atoms. The standard InChI is InChI=1S/C26H21AsN4O3S/c1-27-21-22(24(33)23(21)32)30-16-5-4-6-17(13-16)31-26(34)25-20(10-12-35-25)29-14-15-9-11-28-19-8-3-2-7-18(15)19/h2-13,27,29-30H,14H2,1H3,(H,31,34). The van der Waals surface area contributed by atoms with Gasteiger partial charge in [-0.05, 0) is 17.7 Å². The van der Waals surface area contributed by atoms with E-state index in [0.29, 0.717) is 32.8 Å². The first-order valence-corrected chi connectivity index (χ1v) is 14.9. The molecule has 3 N–H and O–H groups in total. The molecular weight excluding hydrogens is 523 g/mol. The van der Waals surface area contributed by atoms with E-state index < -0.39 is 21.2 Å². The zero-order valence-electron chi connectivity index (χ0n) is 18.7. The number of carbonyl (C=O) groups excluding carboxylic acids is 1. The Morgan fingerprint density at radius 3 is 2.69 bits per heavy atom. The summed E-state index contributed by atoms with van der Waals surface area (Å²) in [5, 5.41) is 12.3. The van der Waals surface area contributed by atoms with Crippen LogP contribution >= 0.6 is 11.3 Å². The Labute approximate surface area is 211 Å². The first-order chi connectivity index (χ1) is 17.0. The van der Waals surface area contributed by atoms with Gasteiger partial charge in [-0.2, -0.15) is 0 Å². The van der Waals surface area contributed by atoms with Gasteiger partial charge >= 0.3 is 154 Å². The Balaban J connectivity index is 1.29. The van der Waals surface area contributed by atoms with E-state index in [1.165, 1.54) is 11.3 Å². The second kappa shape index (κ2) is 9.86. The maximum atomic E-state index is 13.0. The second-order valence-electron chi connectivity index (χ2n) is 7.82. The molecule has 9 heteroatoms. The normalized spacial score (nSPS) is 11.3. The molecule has 5 rings (SSSR count). The average Bonchev–Trinajstić information content (AvgIpc) is 3.36. The first-order valence-electron chi connectivity index (χ1n) is 10.9. The fourth-order valence-corrected chi connectivity index (χ4v) is 6.25. The number of nitrogens with zero attached hydrogens (tertiary/aromatic N) is 1. The number of carbonyl (C=O) groups is 1. The van der Waals surface area contributed by atoms with Crippen LogP contribution in [0.5, 0.6) is 0 Å². The van der Waals surface area contributed by atoms with E-state index in [0.717, 1.165) is 22.2 Å². The molecule has 0 fully saturated rings. The number of amides is 1. The minimum absolute atomic E-state index is 0.228. The van der Waals surface area contributed by atoms with Crippen molar-refractivity contribution in [2.75, 3.05) is 16.0 Å². The average molecular weight is 544 g/mol. The predicted octanol–water partition coefficient (Wildman–Crippen LogP) is 3.61. The summed E-state index contributed by atoms with van der Waals surface area (Å²) in [5.41, 5.74) is 5.51. The summed E-state index contributed by atoms with van der Waals surface area (Å²) >= 11 is 0.736. The number of para-hydroxylation sites is 1. The Hall–Kier alpha value is -3.74. The van der Waals surface area contributed by atoms with Gasteiger partial charge in [-0.1, -0.05) is 18.2 Å². The molecule has 1 amide bonds. The fourth-order valence-electron chi connectivity index (χ4n) is 3.88. The summed E-state index contributed by atoms with van der Waals surface area (Å²) in [6, 6.07) is 18.9. The number of benzene rings is 2. The van der Waals surface area contributed by atoms with Gasteiger partial charge < -0.3 is 0 Å². The fraction of sp³-hybridized carbons (Fsp3) is 0.0769. The van der Waals surface area contributed by atoms with Crippen molar-refractivity contribution in [2.45, 2.75) is 12.3 Å². The summed E-state index contributed by atoms with van der Waals surface area (Å²) in [5.74, 6) is -0.228. The van der Waals surface area contributed by atoms with Gasteiger partial charge in [-0.15, -0.1) is 0 Å². The predicted molar refractivity (Wildman–Crippen MR) is 145 cm³/mol. The molecule has 0 saturated heterocycles. The number of fused-ring (bicyclic) bond motifs is 1. The molecule has 5 aromatic rings. The SMILES string of the molecule is C[AsH]c1c(Nc2cccc(NC(=O)c3sccc3NCc3ccnc4ccccc34)c2)c(=O)c1=O. The van der Waals surface area contributed by atoms with Gasteiger partial charge in [-0.3, -0.25) is 4.98 Å². The van der Waals surface area contributed by atoms with E-state index >= 15 is 0 Å². The van der Waals surface area contributed by atoms with Gasteiger partial charge in [-0.25, -0.2) is 0 Å². The van der Waals surface area contributed by atoms with E-state index in [2.05, 4.69) is 20.9 Å². The van der Waals surface area contributed by atoms with Crippen molar-refractivity contribution in [1.29, 1.82) is 0 Å². The van der Waals surface area contributed by atoms with Crippen LogP contribution in [0, 0.1) is 0 Å². The van der Waals surface area contributed by atoms with Crippen molar-refractivity contribution in [2.24, 2.45) is 0 Å². The van der Waals surface area contributed by atoms with Crippen molar-refractivity contribution in [3.05, 3.63) is 103 Å². The Kier molecular flexibility index (Phi) is 6.48. The molecular formula is C26H21AsN4O3S. The van der Waals surface area contributed by atoms with Crippen molar-refractivity contribution in [3.8, 4) is 0 Å². The van der Waals surface area contributed by atoms with Gasteiger partial charge in [0.1, 0.15) is 0 Å². The van der Waals surface area contributed by atoms with E-state index in [-0.39, 0.29) is 11.3 Å². The second-order valence-corrected chi connectivity index (χ2v) is 10.8. The molecule has 2 heterocycles. The molecule has 1 unspecified atom stereocenters. The van der Waals surface area contributed by atoms with Gasteiger partial charge in [0.2, 0.25) is 0 Å². The van der Waals surface area contributed by atoms with E-state index in [1.807, 2.05) is 47.5 Å². The zero-order valence-corrected chi connectivity index (χ0v) is 21.6. The van der Waals surface area contributed by atoms with Crippen molar-refractivity contribution >= 4 is 71.0 Å². The first kappa shape index (κ1) is 23.0. The Morgan fingerprint density at radius 1 is 1.00 bits per heavy atom. The third-order valence-corrected chi connectivity index (χ3v) is 8.59. The molecule has 174 valence electrons. The maximum absolute atomic E-state index is 13.0. The van der Waals surface area contributed by atoms with Crippen LogP contribution in [0.1, 0.15) is 15.2 Å². The summed E-state index contributed by atoms with van der Waals surface area (Å²) in [6.45, 7) is 0.560. The van der Waals surface area contributed by atoms with Crippen LogP contribution in [0.15, 0.2) is 81.8 Å². The van der Waals surface area contributed by atoms with Crippen molar-refractivity contribution in [1.82, 2.24) is 4.98 Å².